The van der Waals surface area contributed by atoms with Gasteiger partial charge in [-0.05, 0) is 0 Å². The van der Waals surface area contributed by atoms with E-state index in [1.165, 1.54) is 50.0 Å². The Hall–Kier alpha value is -2.03. The van der Waals surface area contributed by atoms with Gasteiger partial charge in [0.25, 0.3) is 0 Å². The van der Waals surface area contributed by atoms with Crippen LogP contribution in [0.1, 0.15) is 41.5 Å². The predicted octanol–water partition coefficient (Wildman–Crippen LogP) is 7.85. The Morgan fingerprint density at radius 3 is 2.21 bits per heavy atom. The van der Waals surface area contributed by atoms with E-state index in [9.17, 15) is 9.90 Å². The van der Waals surface area contributed by atoms with E-state index in [-0.39, 0.29) is 51.6 Å². The average molecular weight is 811 g/mol. The molecule has 0 bridgehead atoms. The van der Waals surface area contributed by atoms with Crippen LogP contribution in [-0.2, 0) is 24.9 Å². The number of hydrogen-bond donors (Lipinski definition) is 1. The van der Waals surface area contributed by atoms with Crippen LogP contribution in [0.4, 0.5) is 0 Å². The van der Waals surface area contributed by atoms with Crippen molar-refractivity contribution >= 4 is 84.3 Å². The molecule has 1 radical (unpaired) electrons. The first kappa shape index (κ1) is 29.0. The molecule has 0 aliphatic heterocycles. The fourth-order valence-corrected chi connectivity index (χ4v) is 9.43. The number of aromatic nitrogens is 1. The number of allylic oxidation sites excluding steroid dienone is 2. The van der Waals surface area contributed by atoms with Gasteiger partial charge in [0.1, 0.15) is 5.76 Å². The molecule has 3 aromatic heterocycles. The summed E-state index contributed by atoms with van der Waals surface area (Å²) in [5, 5.41) is 16.2. The fraction of sp³-hybridized carbons (Fsp3) is 0.250. The maximum atomic E-state index is 11.5. The average Bonchev–Trinajstić information content (AvgIpc) is 3.15. The normalized spacial score (nSPS) is 12.6. The molecule has 3 heterocycles. The van der Waals surface area contributed by atoms with E-state index in [4.69, 9.17) is 4.98 Å². The van der Waals surface area contributed by atoms with Crippen LogP contribution in [0.3, 0.4) is 0 Å². The van der Waals surface area contributed by atoms with Crippen LogP contribution in [0, 0.1) is 16.9 Å². The number of pyridine rings is 1. The molecule has 0 amide bonds. The van der Waals surface area contributed by atoms with Crippen LogP contribution >= 0.6 is 0 Å². The number of fused-ring (bicyclic) bond motifs is 4. The van der Waals surface area contributed by atoms with Gasteiger partial charge < -0.3 is 5.11 Å². The monoisotopic (exact) mass is 813 g/mol. The molecule has 0 saturated carbocycles. The molecule has 0 aliphatic rings. The molecule has 3 nitrogen and oxygen atoms in total. The number of ketones is 1. The minimum atomic E-state index is -0.417. The Labute approximate surface area is 248 Å². The van der Waals surface area contributed by atoms with E-state index in [0.29, 0.717) is 14.5 Å². The second kappa shape index (κ2) is 10.9. The summed E-state index contributed by atoms with van der Waals surface area (Å²) in [6.45, 7) is 11.1. The van der Waals surface area contributed by atoms with E-state index in [2.05, 4.69) is 60.7 Å². The van der Waals surface area contributed by atoms with Gasteiger partial charge in [-0.25, -0.2) is 0 Å². The Balaban J connectivity index is 0.000000209. The van der Waals surface area contributed by atoms with Crippen LogP contribution in [0.5, 0.6) is 0 Å². The fourth-order valence-electron chi connectivity index (χ4n) is 4.13. The number of aliphatic hydroxyl groups excluding tert-OH is 1. The van der Waals surface area contributed by atoms with Crippen molar-refractivity contribution in [1.29, 1.82) is 0 Å². The molecule has 0 fully saturated rings. The van der Waals surface area contributed by atoms with Gasteiger partial charge in [0.2, 0.25) is 0 Å². The third-order valence-corrected chi connectivity index (χ3v) is 11.2. The first-order chi connectivity index (χ1) is 17.4. The minimum absolute atomic E-state index is 0. The molecule has 0 aliphatic carbocycles. The molecule has 0 spiro atoms. The second-order valence-corrected chi connectivity index (χ2v) is 15.8. The predicted molar refractivity (Wildman–Crippen MR) is 159 cm³/mol. The number of rotatable bonds is 1. The Morgan fingerprint density at radius 1 is 0.868 bits per heavy atom. The molecule has 197 valence electrons. The van der Waals surface area contributed by atoms with Crippen LogP contribution < -0.4 is 0 Å². The third kappa shape index (κ3) is 5.50. The zero-order chi connectivity index (χ0) is 26.5. The van der Waals surface area contributed by atoms with E-state index in [1.54, 1.807) is 0 Å². The molecule has 1 N–H and O–H groups in total. The standard InChI is InChI=1S/C21H10NSe2.C11H20O2.Ir/c1-2-6-13-12(5-1)11-22-20-14-7-3-8-15-18(14)19-16(23-15)9-4-10-17(19)24-21(13)20;1-10(2,3)8(12)7-9(13)11(4,5)6;/h1-6,8-11H;7,12H,1-6H3;/q-1;;/b;8-7-;. The molecule has 6 rings (SSSR count). The Bertz CT molecular complexity index is 1830. The summed E-state index contributed by atoms with van der Waals surface area (Å²) in [6.07, 6.45) is 3.36. The molecule has 3 aromatic carbocycles. The molecular weight excluding hydrogens is 780 g/mol. The zero-order valence-electron chi connectivity index (χ0n) is 22.3. The van der Waals surface area contributed by atoms with Gasteiger partial charge in [-0.15, -0.1) is 0 Å². The van der Waals surface area contributed by atoms with Gasteiger partial charge in [-0.3, -0.25) is 4.79 Å². The van der Waals surface area contributed by atoms with Gasteiger partial charge in [-0.1, -0.05) is 41.5 Å². The molecule has 6 aromatic rings. The number of benzene rings is 3. The number of nitrogens with zero attached hydrogens (tertiary/aromatic N) is 1. The summed E-state index contributed by atoms with van der Waals surface area (Å²) in [6, 6.07) is 23.3. The molecule has 38 heavy (non-hydrogen) atoms. The van der Waals surface area contributed by atoms with Gasteiger partial charge in [0.05, 0.1) is 0 Å². The summed E-state index contributed by atoms with van der Waals surface area (Å²) >= 11 is 0.675. The van der Waals surface area contributed by atoms with Gasteiger partial charge in [0.15, 0.2) is 5.78 Å². The molecule has 0 unspecified atom stereocenters. The van der Waals surface area contributed by atoms with Gasteiger partial charge >= 0.3 is 150 Å². The topological polar surface area (TPSA) is 50.2 Å². The number of hydrogen-bond acceptors (Lipinski definition) is 3. The summed E-state index contributed by atoms with van der Waals surface area (Å²) in [5.74, 6) is 0.104. The van der Waals surface area contributed by atoms with E-state index in [0.717, 1.165) is 5.52 Å². The van der Waals surface area contributed by atoms with Crippen molar-refractivity contribution in [2.75, 3.05) is 0 Å². The van der Waals surface area contributed by atoms with Crippen LogP contribution in [-0.4, -0.2) is 44.9 Å². The summed E-state index contributed by atoms with van der Waals surface area (Å²) in [5.41, 5.74) is 0.380. The van der Waals surface area contributed by atoms with Crippen molar-refractivity contribution < 1.29 is 30.0 Å². The van der Waals surface area contributed by atoms with Gasteiger partial charge in [0, 0.05) is 37.0 Å². The maximum absolute atomic E-state index is 11.5. The van der Waals surface area contributed by atoms with Crippen LogP contribution in [0.25, 0.3) is 49.5 Å². The zero-order valence-corrected chi connectivity index (χ0v) is 28.1. The molecule has 0 saturated heterocycles. The first-order valence-electron chi connectivity index (χ1n) is 12.3. The summed E-state index contributed by atoms with van der Waals surface area (Å²) in [7, 11) is 0. The van der Waals surface area contributed by atoms with Crippen molar-refractivity contribution in [3.8, 4) is 0 Å². The van der Waals surface area contributed by atoms with E-state index < -0.39 is 5.41 Å². The van der Waals surface area contributed by atoms with Crippen molar-refractivity contribution in [3.05, 3.63) is 78.7 Å². The van der Waals surface area contributed by atoms with Gasteiger partial charge in [-0.2, -0.15) is 0 Å². The van der Waals surface area contributed by atoms with Crippen LogP contribution in [0.2, 0.25) is 0 Å². The number of aliphatic hydroxyl groups is 1. The summed E-state index contributed by atoms with van der Waals surface area (Å²) in [4.78, 5) is 16.4. The molecule has 0 atom stereocenters. The number of carbonyl (C=O) groups excluding carboxylic acids is 1. The molecular formula is C32H30IrNO2Se2-. The summed E-state index contributed by atoms with van der Waals surface area (Å²) < 4.78 is 5.91. The Kier molecular flexibility index (Phi) is 8.27. The Morgan fingerprint density at radius 2 is 1.53 bits per heavy atom. The van der Waals surface area contributed by atoms with Crippen molar-refractivity contribution in [2.24, 2.45) is 10.8 Å². The second-order valence-electron chi connectivity index (χ2n) is 11.3. The van der Waals surface area contributed by atoms with Crippen LogP contribution in [0.15, 0.2) is 72.6 Å². The van der Waals surface area contributed by atoms with Crippen molar-refractivity contribution in [2.45, 2.75) is 41.5 Å². The first-order valence-corrected chi connectivity index (χ1v) is 15.8. The third-order valence-electron chi connectivity index (χ3n) is 6.39. The number of carbonyl (C=O) groups is 1. The van der Waals surface area contributed by atoms with Crippen molar-refractivity contribution in [3.63, 3.8) is 0 Å². The van der Waals surface area contributed by atoms with E-state index in [1.807, 2.05) is 47.7 Å². The molecule has 6 heteroatoms. The quantitative estimate of drug-likeness (QED) is 0.0798. The SMILES string of the molecule is CC(C)(C)C(=O)/C=C(\O)C(C)(C)C.[Ir].[c-]1ccc2[se]c3cccc4[se]c5c6ccccc6cnc5c1c2c34. The van der Waals surface area contributed by atoms with Crippen molar-refractivity contribution in [1.82, 2.24) is 4.98 Å². The van der Waals surface area contributed by atoms with E-state index >= 15 is 0 Å².